The molecular formula is C44H30Cl2P2. The van der Waals surface area contributed by atoms with E-state index in [9.17, 15) is 0 Å². The van der Waals surface area contributed by atoms with Crippen molar-refractivity contribution in [2.75, 3.05) is 0 Å². The molecule has 0 unspecified atom stereocenters. The van der Waals surface area contributed by atoms with E-state index < -0.39 is 15.8 Å². The van der Waals surface area contributed by atoms with Crippen molar-refractivity contribution < 1.29 is 0 Å². The lowest BCUT2D eigenvalue weighted by Gasteiger charge is -2.29. The lowest BCUT2D eigenvalue weighted by atomic mass is 9.93. The van der Waals surface area contributed by atoms with Crippen LogP contribution in [0, 0.1) is 0 Å². The summed E-state index contributed by atoms with van der Waals surface area (Å²) < 4.78 is 0. The average Bonchev–Trinajstić information content (AvgIpc) is 3.16. The maximum atomic E-state index is 7.63. The summed E-state index contributed by atoms with van der Waals surface area (Å²) in [4.78, 5) is 0. The van der Waals surface area contributed by atoms with Gasteiger partial charge < -0.3 is 0 Å². The number of rotatable bonds is 7. The molecule has 0 radical (unpaired) electrons. The van der Waals surface area contributed by atoms with Gasteiger partial charge in [-0.2, -0.15) is 0 Å². The summed E-state index contributed by atoms with van der Waals surface area (Å²) >= 11 is 14.9. The Labute approximate surface area is 294 Å². The molecule has 4 heteroatoms. The fraction of sp³-hybridized carbons (Fsp3) is 0. The van der Waals surface area contributed by atoms with Gasteiger partial charge in [-0.3, -0.25) is 0 Å². The van der Waals surface area contributed by atoms with E-state index >= 15 is 0 Å². The summed E-state index contributed by atoms with van der Waals surface area (Å²) in [5.74, 6) is 0. The van der Waals surface area contributed by atoms with Gasteiger partial charge >= 0.3 is 0 Å². The average molecular weight is 692 g/mol. The van der Waals surface area contributed by atoms with Gasteiger partial charge in [-0.15, -0.1) is 0 Å². The second-order valence-electron chi connectivity index (χ2n) is 11.6. The van der Waals surface area contributed by atoms with Gasteiger partial charge in [-0.05, 0) is 64.1 Å². The van der Waals surface area contributed by atoms with E-state index in [1.807, 2.05) is 0 Å². The third-order valence-electron chi connectivity index (χ3n) is 8.75. The minimum atomic E-state index is -1.11. The standard InChI is InChI=1S/C44H30Cl2P2/c45-42-38-28-16-15-27-37(38)41(44(43(42)46)48(34-22-9-3-10-23-34)35-24-11-4-12-25-35)40-36-26-14-13-17-31(36)29-30-39(40)47(32-18-5-1-6-19-32)33-20-7-2-8-21-33/h1-30H. The van der Waals surface area contributed by atoms with Crippen LogP contribution in [0.15, 0.2) is 182 Å². The monoisotopic (exact) mass is 690 g/mol. The molecule has 8 aromatic carbocycles. The van der Waals surface area contributed by atoms with Crippen LogP contribution >= 0.6 is 39.0 Å². The van der Waals surface area contributed by atoms with Crippen molar-refractivity contribution in [1.29, 1.82) is 0 Å². The van der Waals surface area contributed by atoms with Crippen LogP contribution in [0.3, 0.4) is 0 Å². The maximum absolute atomic E-state index is 7.63. The molecule has 0 bridgehead atoms. The van der Waals surface area contributed by atoms with Crippen molar-refractivity contribution in [1.82, 2.24) is 0 Å². The zero-order valence-corrected chi connectivity index (χ0v) is 29.3. The molecule has 0 saturated carbocycles. The minimum absolute atomic E-state index is 0.598. The Hall–Kier alpha value is -4.28. The fourth-order valence-corrected chi connectivity index (χ4v) is 12.4. The van der Waals surface area contributed by atoms with E-state index in [-0.39, 0.29) is 0 Å². The van der Waals surface area contributed by atoms with E-state index in [1.165, 1.54) is 42.9 Å². The van der Waals surface area contributed by atoms with Gasteiger partial charge in [0.2, 0.25) is 0 Å². The zero-order valence-electron chi connectivity index (χ0n) is 26.0. The second-order valence-corrected chi connectivity index (χ2v) is 16.7. The normalized spacial score (nSPS) is 11.5. The zero-order chi connectivity index (χ0) is 32.5. The highest BCUT2D eigenvalue weighted by atomic mass is 35.5. The largest absolute Gasteiger partial charge is 0.0820 e. The Balaban J connectivity index is 1.58. The molecule has 8 aromatic rings. The van der Waals surface area contributed by atoms with Gasteiger partial charge in [0.1, 0.15) is 0 Å². The fourth-order valence-electron chi connectivity index (χ4n) is 6.67. The lowest BCUT2D eigenvalue weighted by Crippen LogP contribution is -2.27. The molecule has 0 N–H and O–H groups in total. The molecule has 0 nitrogen and oxygen atoms in total. The Morgan fingerprint density at radius 2 is 0.729 bits per heavy atom. The van der Waals surface area contributed by atoms with Crippen LogP contribution in [0.2, 0.25) is 10.0 Å². The summed E-state index contributed by atoms with van der Waals surface area (Å²) in [5, 5.41) is 13.1. The first kappa shape index (κ1) is 31.0. The van der Waals surface area contributed by atoms with E-state index in [1.54, 1.807) is 0 Å². The van der Waals surface area contributed by atoms with Gasteiger partial charge in [-0.1, -0.05) is 205 Å². The molecule has 0 amide bonds. The van der Waals surface area contributed by atoms with Crippen molar-refractivity contribution in [3.8, 4) is 11.1 Å². The van der Waals surface area contributed by atoms with Crippen LogP contribution in [-0.2, 0) is 0 Å². The van der Waals surface area contributed by atoms with Crippen LogP contribution < -0.4 is 31.8 Å². The quantitative estimate of drug-likeness (QED) is 0.146. The molecule has 8 rings (SSSR count). The molecule has 0 atom stereocenters. The third-order valence-corrected chi connectivity index (χ3v) is 14.8. The van der Waals surface area contributed by atoms with Crippen LogP contribution in [-0.4, -0.2) is 0 Å². The Morgan fingerprint density at radius 1 is 0.312 bits per heavy atom. The van der Waals surface area contributed by atoms with Crippen molar-refractivity contribution >= 4 is 92.4 Å². The number of fused-ring (bicyclic) bond motifs is 2. The summed E-state index contributed by atoms with van der Waals surface area (Å²) in [6.07, 6.45) is 0. The van der Waals surface area contributed by atoms with Crippen LogP contribution in [0.4, 0.5) is 0 Å². The Kier molecular flexibility index (Phi) is 8.84. The number of hydrogen-bond donors (Lipinski definition) is 0. The molecule has 0 heterocycles. The first-order valence-electron chi connectivity index (χ1n) is 15.9. The van der Waals surface area contributed by atoms with Crippen molar-refractivity contribution in [2.45, 2.75) is 0 Å². The summed E-state index contributed by atoms with van der Waals surface area (Å²) in [5.41, 5.74) is 2.38. The number of hydrogen-bond acceptors (Lipinski definition) is 0. The number of benzene rings is 8. The molecule has 48 heavy (non-hydrogen) atoms. The summed E-state index contributed by atoms with van der Waals surface area (Å²) in [6.45, 7) is 0. The first-order chi connectivity index (χ1) is 23.7. The molecule has 230 valence electrons. The molecule has 0 aliphatic rings. The molecule has 0 aliphatic heterocycles. The minimum Gasteiger partial charge on any atom is -0.0820 e. The molecule has 0 spiro atoms. The van der Waals surface area contributed by atoms with E-state index in [0.29, 0.717) is 10.0 Å². The predicted octanol–water partition coefficient (Wildman–Crippen LogP) is 10.5. The van der Waals surface area contributed by atoms with Gasteiger partial charge in [0.15, 0.2) is 0 Å². The van der Waals surface area contributed by atoms with Crippen molar-refractivity contribution in [2.24, 2.45) is 0 Å². The third kappa shape index (κ3) is 5.64. The van der Waals surface area contributed by atoms with Crippen molar-refractivity contribution in [3.63, 3.8) is 0 Å². The molecule has 0 aromatic heterocycles. The number of halogens is 2. The smallest absolute Gasteiger partial charge is 0.0688 e. The van der Waals surface area contributed by atoms with Gasteiger partial charge in [0, 0.05) is 16.3 Å². The molecule has 0 fully saturated rings. The van der Waals surface area contributed by atoms with Gasteiger partial charge in [-0.25, -0.2) is 0 Å². The second kappa shape index (κ2) is 13.7. The van der Waals surface area contributed by atoms with E-state index in [4.69, 9.17) is 23.2 Å². The SMILES string of the molecule is Clc1c(P(c2ccccc2)c2ccccc2)c(-c2c(P(c3ccccc3)c3ccccc3)ccc3ccccc23)c2ccccc2c1Cl. The topological polar surface area (TPSA) is 0 Å². The summed E-state index contributed by atoms with van der Waals surface area (Å²) in [6, 6.07) is 65.3. The summed E-state index contributed by atoms with van der Waals surface area (Å²) in [7, 11) is -2.05. The predicted molar refractivity (Wildman–Crippen MR) is 214 cm³/mol. The van der Waals surface area contributed by atoms with Crippen LogP contribution in [0.25, 0.3) is 32.7 Å². The highest BCUT2D eigenvalue weighted by Gasteiger charge is 2.31. The molecular weight excluding hydrogens is 661 g/mol. The highest BCUT2D eigenvalue weighted by Crippen LogP contribution is 2.49. The highest BCUT2D eigenvalue weighted by molar-refractivity contribution is 7.81. The Bertz CT molecular complexity index is 2280. The van der Waals surface area contributed by atoms with E-state index in [0.717, 1.165) is 21.6 Å². The molecule has 0 aliphatic carbocycles. The van der Waals surface area contributed by atoms with Crippen molar-refractivity contribution in [3.05, 3.63) is 192 Å². The lowest BCUT2D eigenvalue weighted by molar-refractivity contribution is 1.72. The van der Waals surface area contributed by atoms with E-state index in [2.05, 4.69) is 182 Å². The maximum Gasteiger partial charge on any atom is 0.0688 e. The Morgan fingerprint density at radius 3 is 1.25 bits per heavy atom. The first-order valence-corrected chi connectivity index (χ1v) is 19.4. The van der Waals surface area contributed by atoms with Gasteiger partial charge in [0.05, 0.1) is 10.0 Å². The van der Waals surface area contributed by atoms with Crippen LogP contribution in [0.1, 0.15) is 0 Å². The van der Waals surface area contributed by atoms with Gasteiger partial charge in [0.25, 0.3) is 0 Å². The molecule has 0 saturated heterocycles. The van der Waals surface area contributed by atoms with Crippen LogP contribution in [0.5, 0.6) is 0 Å².